The van der Waals surface area contributed by atoms with Crippen molar-refractivity contribution in [2.24, 2.45) is 5.92 Å². The van der Waals surface area contributed by atoms with Crippen molar-refractivity contribution in [1.82, 2.24) is 4.90 Å². The number of carbonyl (C=O) groups excluding carboxylic acids is 3. The van der Waals surface area contributed by atoms with Gasteiger partial charge >= 0.3 is 0 Å². The Hall–Kier alpha value is -2.97. The number of hydrogen-bond acceptors (Lipinski definition) is 5. The van der Waals surface area contributed by atoms with E-state index in [1.807, 2.05) is 6.07 Å². The average Bonchev–Trinajstić information content (AvgIpc) is 3.44. The Balaban J connectivity index is 1.60. The molecule has 1 aromatic rings. The summed E-state index contributed by atoms with van der Waals surface area (Å²) in [6.45, 7) is 6.99. The topological polar surface area (TPSA) is 101 Å². The molecule has 0 spiro atoms. The number of carbonyl (C=O) groups is 3. The molecule has 200 valence electrons. The van der Waals surface area contributed by atoms with Gasteiger partial charge in [0.25, 0.3) is 5.91 Å². The molecule has 0 unspecified atom stereocenters. The number of rotatable bonds is 8. The average molecular weight is 510 g/mol. The Morgan fingerprint density at radius 1 is 1.19 bits per heavy atom. The van der Waals surface area contributed by atoms with E-state index in [1.165, 1.54) is 4.90 Å². The van der Waals surface area contributed by atoms with E-state index < -0.39 is 17.4 Å². The molecule has 0 aliphatic carbocycles. The minimum absolute atomic E-state index is 0.0438. The number of aliphatic hydroxyl groups excluding tert-OH is 1. The first-order chi connectivity index (χ1) is 17.8. The molecule has 0 bridgehead atoms. The summed E-state index contributed by atoms with van der Waals surface area (Å²) in [6, 6.07) is 5.29. The van der Waals surface area contributed by atoms with Crippen LogP contribution in [0.25, 0.3) is 0 Å². The van der Waals surface area contributed by atoms with Crippen molar-refractivity contribution >= 4 is 29.1 Å². The summed E-state index contributed by atoms with van der Waals surface area (Å²) in [6.07, 6.45) is 11.2. The van der Waals surface area contributed by atoms with Gasteiger partial charge in [0.1, 0.15) is 0 Å². The van der Waals surface area contributed by atoms with E-state index in [1.54, 1.807) is 47.1 Å². The normalized spacial score (nSPS) is 25.4. The number of hydrogen-bond donors (Lipinski definition) is 2. The van der Waals surface area contributed by atoms with E-state index in [2.05, 4.69) is 6.58 Å². The third kappa shape index (κ3) is 5.22. The van der Waals surface area contributed by atoms with Crippen molar-refractivity contribution in [3.05, 3.63) is 48.6 Å². The molecule has 0 aromatic heterocycles. The highest BCUT2D eigenvalue weighted by Crippen LogP contribution is 2.46. The summed E-state index contributed by atoms with van der Waals surface area (Å²) < 4.78 is 0. The van der Waals surface area contributed by atoms with Crippen molar-refractivity contribution < 1.29 is 24.6 Å². The standard InChI is InChI=1S/C29H39N3O5/c1-3-16-32-25-15-14-22(30-17-7-5-4-6-12-26(30)34)19-24(25)29(37,28(32)36)21(2)10-8-13-27(35)31-18-9-11-23(31)20-33/h3,8,10,14-15,19,21,23,33,37H,1,4-7,9,11-13,16-18,20H2,2H3/b10-8+/t21-,23+,29+/m1/s1. The van der Waals surface area contributed by atoms with Gasteiger partial charge < -0.3 is 24.9 Å². The lowest BCUT2D eigenvalue weighted by molar-refractivity contribution is -0.139. The van der Waals surface area contributed by atoms with Crippen molar-refractivity contribution in [1.29, 1.82) is 0 Å². The minimum Gasteiger partial charge on any atom is -0.394 e. The summed E-state index contributed by atoms with van der Waals surface area (Å²) in [5, 5.41) is 21.4. The lowest BCUT2D eigenvalue weighted by atomic mass is 9.82. The summed E-state index contributed by atoms with van der Waals surface area (Å²) in [7, 11) is 0. The fourth-order valence-corrected chi connectivity index (χ4v) is 5.83. The lowest BCUT2D eigenvalue weighted by Gasteiger charge is -2.29. The van der Waals surface area contributed by atoms with Crippen molar-refractivity contribution in [2.45, 2.75) is 69.9 Å². The molecule has 3 aliphatic rings. The number of benzene rings is 1. The maximum absolute atomic E-state index is 13.6. The lowest BCUT2D eigenvalue weighted by Crippen LogP contribution is -2.44. The third-order valence-electron chi connectivity index (χ3n) is 7.98. The predicted molar refractivity (Wildman–Crippen MR) is 143 cm³/mol. The van der Waals surface area contributed by atoms with Gasteiger partial charge in [-0.1, -0.05) is 38.0 Å². The molecule has 0 saturated carbocycles. The second-order valence-corrected chi connectivity index (χ2v) is 10.4. The molecule has 0 radical (unpaired) electrons. The van der Waals surface area contributed by atoms with Gasteiger partial charge in [0, 0.05) is 49.6 Å². The fourth-order valence-electron chi connectivity index (χ4n) is 5.83. The highest BCUT2D eigenvalue weighted by molar-refractivity contribution is 6.08. The van der Waals surface area contributed by atoms with Crippen LogP contribution in [0.15, 0.2) is 43.0 Å². The van der Waals surface area contributed by atoms with Crippen molar-refractivity contribution in [3.63, 3.8) is 0 Å². The summed E-state index contributed by atoms with van der Waals surface area (Å²) in [5.74, 6) is -1.07. The van der Waals surface area contributed by atoms with Crippen LogP contribution in [0.3, 0.4) is 0 Å². The summed E-state index contributed by atoms with van der Waals surface area (Å²) in [4.78, 5) is 44.1. The predicted octanol–water partition coefficient (Wildman–Crippen LogP) is 3.27. The van der Waals surface area contributed by atoms with Gasteiger partial charge in [0.2, 0.25) is 11.8 Å². The molecule has 2 N–H and O–H groups in total. The zero-order valence-corrected chi connectivity index (χ0v) is 21.8. The molecule has 8 nitrogen and oxygen atoms in total. The Kier molecular flexibility index (Phi) is 8.49. The molecule has 37 heavy (non-hydrogen) atoms. The quantitative estimate of drug-likeness (QED) is 0.524. The second-order valence-electron chi connectivity index (χ2n) is 10.4. The first-order valence-corrected chi connectivity index (χ1v) is 13.5. The van der Waals surface area contributed by atoms with E-state index in [9.17, 15) is 24.6 Å². The van der Waals surface area contributed by atoms with Crippen LogP contribution < -0.4 is 9.80 Å². The molecule has 3 aliphatic heterocycles. The highest BCUT2D eigenvalue weighted by Gasteiger charge is 2.52. The Morgan fingerprint density at radius 3 is 2.73 bits per heavy atom. The van der Waals surface area contributed by atoms with Crippen molar-refractivity contribution in [2.75, 3.05) is 36.0 Å². The molecule has 2 fully saturated rings. The summed E-state index contributed by atoms with van der Waals surface area (Å²) in [5.41, 5.74) is -0.0707. The largest absolute Gasteiger partial charge is 0.394 e. The number of fused-ring (bicyclic) bond motifs is 1. The SMILES string of the molecule is C=CCN1C(=O)[C@](O)([C@H](C)/C=C/CC(=O)N2CCC[C@H]2CO)c2cc(N3CCCCCCC3=O)ccc21. The number of aliphatic hydroxyl groups is 2. The zero-order valence-electron chi connectivity index (χ0n) is 21.8. The monoisotopic (exact) mass is 509 g/mol. The second kappa shape index (κ2) is 11.6. The van der Waals surface area contributed by atoms with E-state index in [4.69, 9.17) is 0 Å². The number of amides is 3. The van der Waals surface area contributed by atoms with E-state index in [0.29, 0.717) is 36.4 Å². The van der Waals surface area contributed by atoms with Crippen LogP contribution in [0.5, 0.6) is 0 Å². The zero-order chi connectivity index (χ0) is 26.6. The molecule has 4 rings (SSSR count). The van der Waals surface area contributed by atoms with Crippen LogP contribution in [0.2, 0.25) is 0 Å². The first kappa shape index (κ1) is 27.1. The maximum atomic E-state index is 13.6. The first-order valence-electron chi connectivity index (χ1n) is 13.5. The minimum atomic E-state index is -1.83. The van der Waals surface area contributed by atoms with Gasteiger partial charge in [0.05, 0.1) is 18.3 Å². The van der Waals surface area contributed by atoms with E-state index >= 15 is 0 Å². The number of anilines is 2. The number of likely N-dealkylation sites (tertiary alicyclic amines) is 1. The summed E-state index contributed by atoms with van der Waals surface area (Å²) >= 11 is 0. The molecule has 2 saturated heterocycles. The number of nitrogens with zero attached hydrogens (tertiary/aromatic N) is 3. The van der Waals surface area contributed by atoms with E-state index in [-0.39, 0.29) is 37.4 Å². The fraction of sp³-hybridized carbons (Fsp3) is 0.552. The smallest absolute Gasteiger partial charge is 0.264 e. The van der Waals surface area contributed by atoms with Gasteiger partial charge in [0.15, 0.2) is 5.60 Å². The van der Waals surface area contributed by atoms with Crippen LogP contribution in [0.1, 0.15) is 63.9 Å². The third-order valence-corrected chi connectivity index (χ3v) is 7.98. The molecular weight excluding hydrogens is 470 g/mol. The molecular formula is C29H39N3O5. The Bertz CT molecular complexity index is 1070. The van der Waals surface area contributed by atoms with Crippen LogP contribution in [-0.4, -0.2) is 65.1 Å². The highest BCUT2D eigenvalue weighted by atomic mass is 16.3. The van der Waals surface area contributed by atoms with Crippen LogP contribution in [-0.2, 0) is 20.0 Å². The molecule has 3 amide bonds. The molecule has 1 aromatic carbocycles. The van der Waals surface area contributed by atoms with Gasteiger partial charge in [-0.05, 0) is 43.9 Å². The Morgan fingerprint density at radius 2 is 1.97 bits per heavy atom. The van der Waals surface area contributed by atoms with Crippen molar-refractivity contribution in [3.8, 4) is 0 Å². The van der Waals surface area contributed by atoms with Gasteiger partial charge in [-0.3, -0.25) is 14.4 Å². The molecule has 3 atom stereocenters. The van der Waals surface area contributed by atoms with Crippen LogP contribution >= 0.6 is 0 Å². The molecule has 3 heterocycles. The van der Waals surface area contributed by atoms with Gasteiger partial charge in [-0.2, -0.15) is 0 Å². The van der Waals surface area contributed by atoms with Gasteiger partial charge in [-0.25, -0.2) is 0 Å². The van der Waals surface area contributed by atoms with Crippen LogP contribution in [0.4, 0.5) is 11.4 Å². The van der Waals surface area contributed by atoms with Crippen LogP contribution in [0, 0.1) is 5.92 Å². The molecule has 8 heteroatoms. The Labute approximate surface area is 219 Å². The maximum Gasteiger partial charge on any atom is 0.264 e. The van der Waals surface area contributed by atoms with E-state index in [0.717, 1.165) is 38.5 Å². The van der Waals surface area contributed by atoms with Gasteiger partial charge in [-0.15, -0.1) is 6.58 Å².